The molecule has 0 aliphatic carbocycles. The number of carbonyl (C=O) groups excluding carboxylic acids is 3. The number of carbonyl (C=O) groups is 3. The second-order valence-electron chi connectivity index (χ2n) is 7.21. The average molecular weight is 392 g/mol. The zero-order valence-electron chi connectivity index (χ0n) is 15.4. The maximum atomic E-state index is 12.4. The molecule has 0 aromatic rings. The Morgan fingerprint density at radius 1 is 1.19 bits per heavy atom. The summed E-state index contributed by atoms with van der Waals surface area (Å²) in [5.41, 5.74) is 0.311. The van der Waals surface area contributed by atoms with E-state index in [2.05, 4.69) is 15.7 Å². The molecule has 0 saturated carbocycles. The SMILES string of the molecule is CC(C)(C)OC(=O)NN1CC(/C(Cl)=N\O)=NN(C(=O)OC(C)(C)C)C1=O. The molecule has 12 heteroatoms. The number of halogens is 1. The number of nitrogens with zero attached hydrogens (tertiary/aromatic N) is 4. The van der Waals surface area contributed by atoms with Crippen molar-refractivity contribution in [3.05, 3.63) is 0 Å². The molecule has 146 valence electrons. The molecule has 0 saturated heterocycles. The van der Waals surface area contributed by atoms with Gasteiger partial charge < -0.3 is 14.7 Å². The lowest BCUT2D eigenvalue weighted by atomic mass is 10.2. The molecule has 0 bridgehead atoms. The maximum Gasteiger partial charge on any atom is 0.439 e. The van der Waals surface area contributed by atoms with Crippen LogP contribution in [0.25, 0.3) is 0 Å². The third-order valence-corrected chi connectivity index (χ3v) is 2.75. The lowest BCUT2D eigenvalue weighted by Gasteiger charge is -2.32. The minimum atomic E-state index is -1.10. The van der Waals surface area contributed by atoms with Crippen LogP contribution in [0.1, 0.15) is 41.5 Å². The molecule has 0 fully saturated rings. The minimum absolute atomic E-state index is 0.157. The van der Waals surface area contributed by atoms with Crippen molar-refractivity contribution in [1.82, 2.24) is 15.4 Å². The standard InChI is InChI=1S/C14H22ClN5O6/c1-13(2,3)25-10(21)17-19-7-8(9(15)18-24)16-20(11(19)22)12(23)26-14(4,5)6/h24H,7H2,1-6H3,(H,17,21)/b18-9+. The van der Waals surface area contributed by atoms with Gasteiger partial charge in [-0.2, -0.15) is 5.10 Å². The van der Waals surface area contributed by atoms with Crippen molar-refractivity contribution in [3.8, 4) is 0 Å². The second-order valence-corrected chi connectivity index (χ2v) is 7.57. The van der Waals surface area contributed by atoms with Crippen LogP contribution in [-0.4, -0.2) is 62.1 Å². The molecule has 0 aromatic carbocycles. The Bertz CT molecular complexity index is 649. The number of amides is 4. The van der Waals surface area contributed by atoms with Gasteiger partial charge in [0.05, 0.1) is 6.54 Å². The summed E-state index contributed by atoms with van der Waals surface area (Å²) in [7, 11) is 0. The van der Waals surface area contributed by atoms with E-state index in [9.17, 15) is 14.4 Å². The van der Waals surface area contributed by atoms with Crippen LogP contribution in [0.15, 0.2) is 10.3 Å². The lowest BCUT2D eigenvalue weighted by molar-refractivity contribution is 0.0193. The summed E-state index contributed by atoms with van der Waals surface area (Å²) < 4.78 is 10.1. The average Bonchev–Trinajstić information content (AvgIpc) is 2.44. The first-order valence-electron chi connectivity index (χ1n) is 7.53. The molecule has 0 aromatic heterocycles. The molecule has 11 nitrogen and oxygen atoms in total. The largest absolute Gasteiger partial charge is 0.443 e. The number of hydrogen-bond donors (Lipinski definition) is 2. The summed E-state index contributed by atoms with van der Waals surface area (Å²) in [4.78, 5) is 36.5. The highest BCUT2D eigenvalue weighted by Gasteiger charge is 2.38. The molecule has 0 unspecified atom stereocenters. The van der Waals surface area contributed by atoms with Crippen LogP contribution in [0.4, 0.5) is 14.4 Å². The molecular weight excluding hydrogens is 370 g/mol. The number of imide groups is 1. The fourth-order valence-corrected chi connectivity index (χ4v) is 1.71. The maximum absolute atomic E-state index is 12.4. The summed E-state index contributed by atoms with van der Waals surface area (Å²) in [6.07, 6.45) is -2.04. The number of urea groups is 1. The highest BCUT2D eigenvalue weighted by atomic mass is 35.5. The molecule has 4 amide bonds. The summed E-state index contributed by atoms with van der Waals surface area (Å²) in [5.74, 6) is 0. The highest BCUT2D eigenvalue weighted by molar-refractivity contribution is 6.84. The zero-order valence-corrected chi connectivity index (χ0v) is 16.1. The van der Waals surface area contributed by atoms with Gasteiger partial charge in [-0.3, -0.25) is 0 Å². The Morgan fingerprint density at radius 2 is 1.73 bits per heavy atom. The van der Waals surface area contributed by atoms with E-state index in [-0.39, 0.29) is 12.3 Å². The topological polar surface area (TPSA) is 133 Å². The lowest BCUT2D eigenvalue weighted by Crippen LogP contribution is -2.58. The van der Waals surface area contributed by atoms with E-state index in [4.69, 9.17) is 26.3 Å². The van der Waals surface area contributed by atoms with Crippen molar-refractivity contribution in [1.29, 1.82) is 0 Å². The highest BCUT2D eigenvalue weighted by Crippen LogP contribution is 2.15. The molecule has 0 radical (unpaired) electrons. The van der Waals surface area contributed by atoms with Crippen molar-refractivity contribution >= 4 is 40.7 Å². The van der Waals surface area contributed by atoms with E-state index < -0.39 is 34.6 Å². The van der Waals surface area contributed by atoms with Gasteiger partial charge in [-0.05, 0) is 41.5 Å². The molecule has 0 spiro atoms. The Hall–Kier alpha value is -2.56. The summed E-state index contributed by atoms with van der Waals surface area (Å²) in [6, 6.07) is -1.00. The van der Waals surface area contributed by atoms with Crippen LogP contribution in [0.5, 0.6) is 0 Å². The number of hydrazine groups is 1. The predicted molar refractivity (Wildman–Crippen MR) is 92.1 cm³/mol. The van der Waals surface area contributed by atoms with Gasteiger partial charge in [-0.25, -0.2) is 24.8 Å². The van der Waals surface area contributed by atoms with Crippen LogP contribution in [0.3, 0.4) is 0 Å². The number of nitrogens with one attached hydrogen (secondary N) is 1. The van der Waals surface area contributed by atoms with Gasteiger partial charge in [0.15, 0.2) is 5.17 Å². The Balaban J connectivity index is 3.08. The molecule has 1 heterocycles. The molecule has 1 rings (SSSR count). The third-order valence-electron chi connectivity index (χ3n) is 2.46. The van der Waals surface area contributed by atoms with Gasteiger partial charge in [-0.1, -0.05) is 16.8 Å². The normalized spacial score (nSPS) is 16.2. The predicted octanol–water partition coefficient (Wildman–Crippen LogP) is 2.48. The Kier molecular flexibility index (Phi) is 6.42. The van der Waals surface area contributed by atoms with E-state index in [0.29, 0.717) is 5.01 Å². The molecule has 2 N–H and O–H groups in total. The van der Waals surface area contributed by atoms with E-state index in [1.165, 1.54) is 0 Å². The molecule has 0 atom stereocenters. The smallest absolute Gasteiger partial charge is 0.439 e. The quantitative estimate of drug-likeness (QED) is 0.422. The number of hydrazone groups is 1. The number of rotatable bonds is 2. The molecular formula is C14H22ClN5O6. The summed E-state index contributed by atoms with van der Waals surface area (Å²) in [5, 5.41) is 15.9. The number of oxime groups is 1. The van der Waals surface area contributed by atoms with Crippen molar-refractivity contribution in [2.75, 3.05) is 6.54 Å². The van der Waals surface area contributed by atoms with Gasteiger partial charge in [-0.15, -0.1) is 5.01 Å². The van der Waals surface area contributed by atoms with E-state index >= 15 is 0 Å². The fourth-order valence-electron chi connectivity index (χ4n) is 1.61. The second kappa shape index (κ2) is 7.77. The van der Waals surface area contributed by atoms with Gasteiger partial charge in [0, 0.05) is 0 Å². The fraction of sp³-hybridized carbons (Fsp3) is 0.643. The monoisotopic (exact) mass is 391 g/mol. The molecule has 1 aliphatic rings. The minimum Gasteiger partial charge on any atom is -0.443 e. The van der Waals surface area contributed by atoms with Gasteiger partial charge in [0.2, 0.25) is 0 Å². The number of hydrogen-bond acceptors (Lipinski definition) is 8. The third kappa shape index (κ3) is 6.39. The van der Waals surface area contributed by atoms with Crippen LogP contribution in [0.2, 0.25) is 0 Å². The van der Waals surface area contributed by atoms with Crippen LogP contribution < -0.4 is 5.43 Å². The summed E-state index contributed by atoms with van der Waals surface area (Å²) >= 11 is 5.71. The Labute approximate surface area is 155 Å². The van der Waals surface area contributed by atoms with E-state index in [0.717, 1.165) is 5.01 Å². The van der Waals surface area contributed by atoms with Gasteiger partial charge >= 0.3 is 18.2 Å². The van der Waals surface area contributed by atoms with Crippen LogP contribution in [-0.2, 0) is 9.47 Å². The van der Waals surface area contributed by atoms with Crippen molar-refractivity contribution < 1.29 is 29.1 Å². The van der Waals surface area contributed by atoms with Crippen LogP contribution in [0, 0.1) is 0 Å². The van der Waals surface area contributed by atoms with Crippen molar-refractivity contribution in [2.45, 2.75) is 52.7 Å². The first kappa shape index (κ1) is 21.5. The van der Waals surface area contributed by atoms with E-state index in [1.54, 1.807) is 41.5 Å². The zero-order chi connectivity index (χ0) is 20.3. The molecule has 1 aliphatic heterocycles. The van der Waals surface area contributed by atoms with Gasteiger partial charge in [0.1, 0.15) is 16.9 Å². The number of ether oxygens (including phenoxy) is 2. The summed E-state index contributed by atoms with van der Waals surface area (Å²) in [6.45, 7) is 9.36. The first-order valence-corrected chi connectivity index (χ1v) is 7.91. The van der Waals surface area contributed by atoms with Gasteiger partial charge in [0.25, 0.3) is 0 Å². The van der Waals surface area contributed by atoms with Crippen LogP contribution >= 0.6 is 11.6 Å². The van der Waals surface area contributed by atoms with Crippen molar-refractivity contribution in [2.24, 2.45) is 10.3 Å². The first-order chi connectivity index (χ1) is 11.7. The van der Waals surface area contributed by atoms with E-state index in [1.807, 2.05) is 0 Å². The Morgan fingerprint density at radius 3 is 2.19 bits per heavy atom. The molecule has 26 heavy (non-hydrogen) atoms. The van der Waals surface area contributed by atoms with Crippen molar-refractivity contribution in [3.63, 3.8) is 0 Å².